The molecule has 9 nitrogen and oxygen atoms in total. The van der Waals surface area contributed by atoms with Crippen LogP contribution in [0, 0.1) is 0 Å². The molecule has 0 spiro atoms. The molecule has 0 radical (unpaired) electrons. The summed E-state index contributed by atoms with van der Waals surface area (Å²) in [5.41, 5.74) is 0. The lowest BCUT2D eigenvalue weighted by Crippen LogP contribution is -2.40. The molecule has 0 aliphatic rings. The van der Waals surface area contributed by atoms with Gasteiger partial charge in [-0.3, -0.25) is 9.59 Å². The van der Waals surface area contributed by atoms with Gasteiger partial charge >= 0.3 is 17.9 Å². The minimum Gasteiger partial charge on any atom is -0.477 e. The SMILES string of the molecule is CCCC/C=C\CCCCCCCC(=O)OC(COC(=O)CCCCCCCC)COC(OCC[N+](C)(C)C)C(=O)O. The normalized spacial score (nSPS) is 13.3. The summed E-state index contributed by atoms with van der Waals surface area (Å²) in [6, 6.07) is 0. The van der Waals surface area contributed by atoms with E-state index in [0.717, 1.165) is 57.8 Å². The van der Waals surface area contributed by atoms with Gasteiger partial charge in [0.15, 0.2) is 6.10 Å². The van der Waals surface area contributed by atoms with Crippen LogP contribution in [0.4, 0.5) is 0 Å². The van der Waals surface area contributed by atoms with E-state index < -0.39 is 24.3 Å². The molecule has 0 saturated heterocycles. The maximum Gasteiger partial charge on any atom is 0.361 e. The van der Waals surface area contributed by atoms with E-state index >= 15 is 0 Å². The van der Waals surface area contributed by atoms with Crippen molar-refractivity contribution in [3.05, 3.63) is 12.2 Å². The van der Waals surface area contributed by atoms with Crippen LogP contribution in [0.3, 0.4) is 0 Å². The fraction of sp³-hybridized carbons (Fsp3) is 0.848. The molecule has 0 saturated carbocycles. The Labute approximate surface area is 255 Å². The first-order valence-electron chi connectivity index (χ1n) is 16.4. The minimum absolute atomic E-state index is 0.183. The molecule has 0 aromatic heterocycles. The van der Waals surface area contributed by atoms with Crippen LogP contribution >= 0.6 is 0 Å². The number of quaternary nitrogens is 1. The van der Waals surface area contributed by atoms with Crippen molar-refractivity contribution < 1.29 is 42.9 Å². The lowest BCUT2D eigenvalue weighted by molar-refractivity contribution is -0.870. The fourth-order valence-electron chi connectivity index (χ4n) is 4.11. The number of carboxylic acids is 1. The van der Waals surface area contributed by atoms with Crippen LogP contribution in [0.15, 0.2) is 12.2 Å². The maximum absolute atomic E-state index is 12.5. The highest BCUT2D eigenvalue weighted by atomic mass is 16.7. The number of likely N-dealkylation sites (N-methyl/N-ethyl adjacent to an activating group) is 1. The molecule has 0 aromatic rings. The molecule has 0 aliphatic carbocycles. The first-order chi connectivity index (χ1) is 20.1. The number of allylic oxidation sites excluding steroid dienone is 2. The van der Waals surface area contributed by atoms with E-state index in [1.807, 2.05) is 21.1 Å². The summed E-state index contributed by atoms with van der Waals surface area (Å²) in [7, 11) is 5.92. The Morgan fingerprint density at radius 1 is 0.690 bits per heavy atom. The number of esters is 2. The zero-order chi connectivity index (χ0) is 31.5. The third kappa shape index (κ3) is 26.9. The van der Waals surface area contributed by atoms with Gasteiger partial charge in [-0.15, -0.1) is 0 Å². The van der Waals surface area contributed by atoms with E-state index in [1.54, 1.807) is 0 Å². The molecule has 1 N–H and O–H groups in total. The second kappa shape index (κ2) is 26.6. The van der Waals surface area contributed by atoms with Crippen LogP contribution in [0.25, 0.3) is 0 Å². The summed E-state index contributed by atoms with van der Waals surface area (Å²) in [5.74, 6) is -2.04. The molecule has 0 rings (SSSR count). The number of carbonyl (C=O) groups is 3. The van der Waals surface area contributed by atoms with E-state index in [1.165, 1.54) is 32.1 Å². The molecule has 0 aromatic carbocycles. The number of unbranched alkanes of at least 4 members (excludes halogenated alkanes) is 12. The smallest absolute Gasteiger partial charge is 0.361 e. The molecule has 0 fully saturated rings. The molecule has 0 aliphatic heterocycles. The lowest BCUT2D eigenvalue weighted by atomic mass is 10.1. The second-order valence-corrected chi connectivity index (χ2v) is 12.1. The third-order valence-corrected chi connectivity index (χ3v) is 6.77. The van der Waals surface area contributed by atoms with Gasteiger partial charge < -0.3 is 28.5 Å². The van der Waals surface area contributed by atoms with E-state index in [4.69, 9.17) is 18.9 Å². The van der Waals surface area contributed by atoms with Crippen molar-refractivity contribution in [2.24, 2.45) is 0 Å². The van der Waals surface area contributed by atoms with Crippen molar-refractivity contribution in [2.45, 2.75) is 135 Å². The van der Waals surface area contributed by atoms with E-state index in [9.17, 15) is 19.5 Å². The quantitative estimate of drug-likeness (QED) is 0.0328. The maximum atomic E-state index is 12.5. The Balaban J connectivity index is 4.63. The summed E-state index contributed by atoms with van der Waals surface area (Å²) in [6.45, 7) is 4.71. The molecule has 246 valence electrons. The van der Waals surface area contributed by atoms with E-state index in [0.29, 0.717) is 23.9 Å². The van der Waals surface area contributed by atoms with Gasteiger partial charge in [0.1, 0.15) is 13.2 Å². The number of rotatable bonds is 29. The Morgan fingerprint density at radius 2 is 1.24 bits per heavy atom. The first-order valence-corrected chi connectivity index (χ1v) is 16.4. The second-order valence-electron chi connectivity index (χ2n) is 12.1. The van der Waals surface area contributed by atoms with Gasteiger partial charge in [-0.05, 0) is 32.1 Å². The summed E-state index contributed by atoms with van der Waals surface area (Å²) >= 11 is 0. The molecule has 2 unspecified atom stereocenters. The Bertz CT molecular complexity index is 719. The summed E-state index contributed by atoms with van der Waals surface area (Å²) in [6.07, 6.45) is 18.7. The Hall–Kier alpha value is -1.97. The third-order valence-electron chi connectivity index (χ3n) is 6.77. The zero-order valence-electron chi connectivity index (χ0n) is 27.4. The zero-order valence-corrected chi connectivity index (χ0v) is 27.4. The van der Waals surface area contributed by atoms with Gasteiger partial charge in [0.25, 0.3) is 6.29 Å². The monoisotopic (exact) mass is 600 g/mol. The summed E-state index contributed by atoms with van der Waals surface area (Å²) < 4.78 is 22.4. The van der Waals surface area contributed by atoms with Gasteiger partial charge in [0, 0.05) is 12.8 Å². The standard InChI is InChI=1S/C33H61NO8/c1-6-8-10-12-14-15-16-17-18-20-22-24-31(36)42-29(27-40-30(35)23-21-19-13-11-9-7-2)28-41-33(32(37)38)39-26-25-34(3,4)5/h12,14,29,33H,6-11,13,15-28H2,1-5H3/p+1/b14-12-. The van der Waals surface area contributed by atoms with Crippen LogP contribution in [0.1, 0.15) is 123 Å². The highest BCUT2D eigenvalue weighted by Gasteiger charge is 2.25. The Morgan fingerprint density at radius 3 is 1.83 bits per heavy atom. The predicted molar refractivity (Wildman–Crippen MR) is 166 cm³/mol. The summed E-state index contributed by atoms with van der Waals surface area (Å²) in [4.78, 5) is 36.4. The molecule has 42 heavy (non-hydrogen) atoms. The molecular weight excluding hydrogens is 538 g/mol. The summed E-state index contributed by atoms with van der Waals surface area (Å²) in [5, 5.41) is 9.51. The van der Waals surface area contributed by atoms with Gasteiger partial charge in [0.2, 0.25) is 0 Å². The van der Waals surface area contributed by atoms with Gasteiger partial charge in [-0.2, -0.15) is 0 Å². The average molecular weight is 601 g/mol. The predicted octanol–water partition coefficient (Wildman–Crippen LogP) is 6.82. The fourth-order valence-corrected chi connectivity index (χ4v) is 4.11. The van der Waals surface area contributed by atoms with Crippen LogP contribution in [-0.2, 0) is 33.3 Å². The number of aliphatic carboxylic acids is 1. The van der Waals surface area contributed by atoms with Crippen molar-refractivity contribution in [2.75, 3.05) is 47.5 Å². The van der Waals surface area contributed by atoms with Crippen molar-refractivity contribution in [1.29, 1.82) is 0 Å². The average Bonchev–Trinajstić information content (AvgIpc) is 2.93. The van der Waals surface area contributed by atoms with Crippen LogP contribution in [0.5, 0.6) is 0 Å². The number of carbonyl (C=O) groups excluding carboxylic acids is 2. The first kappa shape index (κ1) is 40.0. The topological polar surface area (TPSA) is 108 Å². The van der Waals surface area contributed by atoms with Gasteiger partial charge in [0.05, 0.1) is 34.4 Å². The number of ether oxygens (including phenoxy) is 4. The number of hydrogen-bond donors (Lipinski definition) is 1. The molecule has 0 bridgehead atoms. The minimum atomic E-state index is -1.50. The number of nitrogens with zero attached hydrogens (tertiary/aromatic N) is 1. The molecule has 0 amide bonds. The van der Waals surface area contributed by atoms with Crippen molar-refractivity contribution >= 4 is 17.9 Å². The number of hydrogen-bond acceptors (Lipinski definition) is 7. The van der Waals surface area contributed by atoms with Crippen LogP contribution in [-0.4, -0.2) is 87.4 Å². The largest absolute Gasteiger partial charge is 0.477 e. The molecule has 2 atom stereocenters. The van der Waals surface area contributed by atoms with Crippen molar-refractivity contribution in [3.63, 3.8) is 0 Å². The van der Waals surface area contributed by atoms with Crippen LogP contribution in [0.2, 0.25) is 0 Å². The number of carboxylic acid groups (broad SMARTS) is 1. The van der Waals surface area contributed by atoms with Gasteiger partial charge in [-0.1, -0.05) is 90.2 Å². The highest BCUT2D eigenvalue weighted by molar-refractivity contribution is 5.71. The van der Waals surface area contributed by atoms with Gasteiger partial charge in [-0.25, -0.2) is 4.79 Å². The molecule has 9 heteroatoms. The molecular formula is C33H62NO8+. The van der Waals surface area contributed by atoms with E-state index in [2.05, 4.69) is 26.0 Å². The van der Waals surface area contributed by atoms with Crippen molar-refractivity contribution in [1.82, 2.24) is 0 Å². The Kier molecular flexibility index (Phi) is 25.4. The highest BCUT2D eigenvalue weighted by Crippen LogP contribution is 2.12. The van der Waals surface area contributed by atoms with Crippen molar-refractivity contribution in [3.8, 4) is 0 Å². The van der Waals surface area contributed by atoms with Crippen LogP contribution < -0.4 is 0 Å². The molecule has 0 heterocycles. The lowest BCUT2D eigenvalue weighted by Gasteiger charge is -2.25. The van der Waals surface area contributed by atoms with E-state index in [-0.39, 0.29) is 32.2 Å².